The van der Waals surface area contributed by atoms with Crippen molar-refractivity contribution in [3.05, 3.63) is 28.3 Å². The minimum absolute atomic E-state index is 0.0296. The van der Waals surface area contributed by atoms with Crippen LogP contribution in [0.3, 0.4) is 0 Å². The fourth-order valence-corrected chi connectivity index (χ4v) is 2.16. The number of thiazole rings is 1. The van der Waals surface area contributed by atoms with Gasteiger partial charge >= 0.3 is 0 Å². The van der Waals surface area contributed by atoms with E-state index in [1.807, 2.05) is 0 Å². The number of nitrogens with zero attached hydrogens (tertiary/aromatic N) is 2. The quantitative estimate of drug-likeness (QED) is 0.528. The van der Waals surface area contributed by atoms with Gasteiger partial charge in [0.2, 0.25) is 5.91 Å². The summed E-state index contributed by atoms with van der Waals surface area (Å²) in [5.74, 6) is -0.518. The van der Waals surface area contributed by atoms with E-state index in [4.69, 9.17) is 11.6 Å². The van der Waals surface area contributed by atoms with E-state index in [0.717, 1.165) is 4.70 Å². The third-order valence-electron chi connectivity index (χ3n) is 1.95. The summed E-state index contributed by atoms with van der Waals surface area (Å²) in [7, 11) is 0. The second-order valence-corrected chi connectivity index (χ2v) is 4.41. The summed E-state index contributed by atoms with van der Waals surface area (Å²) in [5, 5.41) is 13.4. The molecule has 2 rings (SSSR count). The number of aromatic nitrogens is 1. The van der Waals surface area contributed by atoms with Crippen molar-refractivity contribution >= 4 is 49.9 Å². The topological polar surface area (TPSA) is 85.1 Å². The third-order valence-corrected chi connectivity index (χ3v) is 3.14. The lowest BCUT2D eigenvalue weighted by Gasteiger charge is -1.94. The average Bonchev–Trinajstić information content (AvgIpc) is 2.69. The zero-order valence-electron chi connectivity index (χ0n) is 8.34. The Morgan fingerprint density at radius 3 is 3.00 bits per heavy atom. The molecule has 1 amide bonds. The number of alkyl halides is 1. The minimum Gasteiger partial charge on any atom is -0.301 e. The van der Waals surface area contributed by atoms with E-state index in [1.165, 1.54) is 23.5 Å². The van der Waals surface area contributed by atoms with Crippen molar-refractivity contribution < 1.29 is 9.72 Å². The Kier molecular flexibility index (Phi) is 3.21. The molecule has 0 atom stereocenters. The number of nitrogens with one attached hydrogen (secondary N) is 1. The Morgan fingerprint density at radius 2 is 2.35 bits per heavy atom. The van der Waals surface area contributed by atoms with Crippen molar-refractivity contribution in [3.63, 3.8) is 0 Å². The van der Waals surface area contributed by atoms with Crippen LogP contribution in [0.5, 0.6) is 0 Å². The molecule has 6 nitrogen and oxygen atoms in total. The molecule has 1 aromatic heterocycles. The monoisotopic (exact) mass is 271 g/mol. The molecule has 0 saturated heterocycles. The number of hydrogen-bond donors (Lipinski definition) is 1. The highest BCUT2D eigenvalue weighted by Gasteiger charge is 2.11. The third kappa shape index (κ3) is 2.51. The van der Waals surface area contributed by atoms with Crippen molar-refractivity contribution in [1.82, 2.24) is 4.98 Å². The molecule has 88 valence electrons. The molecule has 0 aliphatic heterocycles. The molecule has 8 heteroatoms. The molecule has 1 N–H and O–H groups in total. The lowest BCUT2D eigenvalue weighted by molar-refractivity contribution is -0.384. The fourth-order valence-electron chi connectivity index (χ4n) is 1.24. The zero-order chi connectivity index (χ0) is 12.4. The number of carbonyl (C=O) groups is 1. The summed E-state index contributed by atoms with van der Waals surface area (Å²) < 4.78 is 0.764. The Morgan fingerprint density at radius 1 is 1.59 bits per heavy atom. The van der Waals surface area contributed by atoms with E-state index in [9.17, 15) is 14.9 Å². The number of nitro groups is 1. The molecule has 0 fully saturated rings. The predicted molar refractivity (Wildman–Crippen MR) is 65.6 cm³/mol. The standard InChI is InChI=1S/C9H6ClN3O3S/c10-4-8(14)12-9-11-6-3-5(13(15)16)1-2-7(6)17-9/h1-3H,4H2,(H,11,12,14). The Hall–Kier alpha value is -1.73. The van der Waals surface area contributed by atoms with Crippen molar-refractivity contribution in [2.75, 3.05) is 11.2 Å². The SMILES string of the molecule is O=C(CCl)Nc1nc2cc([N+](=O)[O-])ccc2s1. The van der Waals surface area contributed by atoms with Gasteiger partial charge in [0.05, 0.1) is 15.1 Å². The molecule has 17 heavy (non-hydrogen) atoms. The smallest absolute Gasteiger partial charge is 0.271 e. The number of non-ortho nitro benzene ring substituents is 1. The van der Waals surface area contributed by atoms with E-state index < -0.39 is 4.92 Å². The lowest BCUT2D eigenvalue weighted by Crippen LogP contribution is -2.11. The summed E-state index contributed by atoms with van der Waals surface area (Å²) in [6, 6.07) is 4.36. The van der Waals surface area contributed by atoms with Crippen LogP contribution in [0.2, 0.25) is 0 Å². The van der Waals surface area contributed by atoms with Crippen LogP contribution in [0.25, 0.3) is 10.2 Å². The molecular formula is C9H6ClN3O3S. The van der Waals surface area contributed by atoms with Crippen molar-refractivity contribution in [1.29, 1.82) is 0 Å². The number of anilines is 1. The van der Waals surface area contributed by atoms with Gasteiger partial charge in [-0.2, -0.15) is 0 Å². The molecule has 1 heterocycles. The number of benzene rings is 1. The molecule has 1 aromatic carbocycles. The van der Waals surface area contributed by atoms with Crippen LogP contribution in [0.1, 0.15) is 0 Å². The maximum Gasteiger partial charge on any atom is 0.271 e. The Bertz CT molecular complexity index is 598. The van der Waals surface area contributed by atoms with Crippen LogP contribution in [0, 0.1) is 10.1 Å². The molecule has 0 saturated carbocycles. The van der Waals surface area contributed by atoms with E-state index in [-0.39, 0.29) is 17.5 Å². The number of carbonyl (C=O) groups excluding carboxylic acids is 1. The van der Waals surface area contributed by atoms with Crippen molar-refractivity contribution in [3.8, 4) is 0 Å². The van der Waals surface area contributed by atoms with Crippen LogP contribution >= 0.6 is 22.9 Å². The van der Waals surface area contributed by atoms with Gasteiger partial charge in [0.1, 0.15) is 5.88 Å². The molecular weight excluding hydrogens is 266 g/mol. The predicted octanol–water partition coefficient (Wildman–Crippen LogP) is 2.38. The van der Waals surface area contributed by atoms with E-state index in [2.05, 4.69) is 10.3 Å². The van der Waals surface area contributed by atoms with Crippen LogP contribution in [-0.4, -0.2) is 21.7 Å². The summed E-state index contributed by atoms with van der Waals surface area (Å²) in [5.41, 5.74) is 0.451. The van der Waals surface area contributed by atoms with Gasteiger partial charge in [0.15, 0.2) is 5.13 Å². The van der Waals surface area contributed by atoms with Gasteiger partial charge in [-0.15, -0.1) is 11.6 Å². The van der Waals surface area contributed by atoms with Gasteiger partial charge in [-0.05, 0) is 6.07 Å². The van der Waals surface area contributed by atoms with Crippen molar-refractivity contribution in [2.45, 2.75) is 0 Å². The molecule has 0 aliphatic rings. The molecule has 0 bridgehead atoms. The maximum atomic E-state index is 11.0. The summed E-state index contributed by atoms with van der Waals surface area (Å²) in [6.45, 7) is 0. The molecule has 2 aromatic rings. The molecule has 0 radical (unpaired) electrons. The van der Waals surface area contributed by atoms with Gasteiger partial charge in [-0.25, -0.2) is 4.98 Å². The molecule has 0 unspecified atom stereocenters. The first-order valence-corrected chi connectivity index (χ1v) is 5.86. The highest BCUT2D eigenvalue weighted by molar-refractivity contribution is 7.22. The van der Waals surface area contributed by atoms with Gasteiger partial charge in [0, 0.05) is 12.1 Å². The highest BCUT2D eigenvalue weighted by Crippen LogP contribution is 2.28. The summed E-state index contributed by atoms with van der Waals surface area (Å²) in [6.07, 6.45) is 0. The number of nitro benzene ring substituents is 1. The Balaban J connectivity index is 2.37. The summed E-state index contributed by atoms with van der Waals surface area (Å²) >= 11 is 6.58. The van der Waals surface area contributed by atoms with Gasteiger partial charge in [0.25, 0.3) is 5.69 Å². The largest absolute Gasteiger partial charge is 0.301 e. The van der Waals surface area contributed by atoms with E-state index in [1.54, 1.807) is 6.07 Å². The van der Waals surface area contributed by atoms with E-state index >= 15 is 0 Å². The van der Waals surface area contributed by atoms with Gasteiger partial charge in [-0.1, -0.05) is 11.3 Å². The van der Waals surface area contributed by atoms with Crippen LogP contribution in [0.15, 0.2) is 18.2 Å². The number of halogens is 1. The fraction of sp³-hybridized carbons (Fsp3) is 0.111. The zero-order valence-corrected chi connectivity index (χ0v) is 9.92. The number of rotatable bonds is 3. The van der Waals surface area contributed by atoms with Crippen LogP contribution in [-0.2, 0) is 4.79 Å². The van der Waals surface area contributed by atoms with Crippen molar-refractivity contribution in [2.24, 2.45) is 0 Å². The lowest BCUT2D eigenvalue weighted by atomic mass is 10.3. The second-order valence-electron chi connectivity index (χ2n) is 3.11. The number of hydrogen-bond acceptors (Lipinski definition) is 5. The molecule has 0 aliphatic carbocycles. The second kappa shape index (κ2) is 4.64. The average molecular weight is 272 g/mol. The van der Waals surface area contributed by atoms with Gasteiger partial charge in [-0.3, -0.25) is 14.9 Å². The van der Waals surface area contributed by atoms with Crippen LogP contribution in [0.4, 0.5) is 10.8 Å². The normalized spacial score (nSPS) is 10.4. The first-order valence-electron chi connectivity index (χ1n) is 4.51. The summed E-state index contributed by atoms with van der Waals surface area (Å²) in [4.78, 5) is 25.2. The van der Waals surface area contributed by atoms with E-state index in [0.29, 0.717) is 10.6 Å². The maximum absolute atomic E-state index is 11.0. The highest BCUT2D eigenvalue weighted by atomic mass is 35.5. The Labute approximate surface area is 104 Å². The first kappa shape index (κ1) is 11.7. The number of amides is 1. The van der Waals surface area contributed by atoms with Crippen LogP contribution < -0.4 is 5.32 Å². The first-order chi connectivity index (χ1) is 8.10. The van der Waals surface area contributed by atoms with Gasteiger partial charge < -0.3 is 5.32 Å². The number of fused-ring (bicyclic) bond motifs is 1. The molecule has 0 spiro atoms. The minimum atomic E-state index is -0.490.